The number of imidazole rings is 1. The van der Waals surface area contributed by atoms with E-state index in [0.717, 1.165) is 67.5 Å². The first-order valence-corrected chi connectivity index (χ1v) is 13.8. The van der Waals surface area contributed by atoms with Crippen molar-refractivity contribution in [3.05, 3.63) is 71.8 Å². The maximum absolute atomic E-state index is 13.7. The summed E-state index contributed by atoms with van der Waals surface area (Å²) in [6, 6.07) is 12.5. The van der Waals surface area contributed by atoms with Gasteiger partial charge in [-0.2, -0.15) is 0 Å². The standard InChI is InChI=1S/C31H34FN5O2/c1-19-15-22(5-10-25(19)30(38)35-24-8-9-24)27-17-34-29-28(33-16-20-11-13-31(2,39)14-12-20)36-26(18-37(27)29)21-3-6-23(32)7-4-21/h3-7,10,15,17-18,20,24,39H,8-9,11-14,16H2,1-2H3,(H,33,36)(H,35,38). The average Bonchev–Trinajstić information content (AvgIpc) is 3.62. The number of aliphatic hydroxyl groups is 1. The van der Waals surface area contributed by atoms with Gasteiger partial charge in [0, 0.05) is 35.5 Å². The van der Waals surface area contributed by atoms with E-state index in [1.165, 1.54) is 12.1 Å². The fourth-order valence-electron chi connectivity index (χ4n) is 5.39. The Balaban J connectivity index is 1.35. The minimum atomic E-state index is -0.575. The second kappa shape index (κ2) is 10.1. The van der Waals surface area contributed by atoms with Gasteiger partial charge in [0.1, 0.15) is 5.82 Å². The lowest BCUT2D eigenvalue weighted by Gasteiger charge is -2.33. The van der Waals surface area contributed by atoms with E-state index < -0.39 is 5.60 Å². The molecule has 0 saturated heterocycles. The number of hydrogen-bond donors (Lipinski definition) is 3. The van der Waals surface area contributed by atoms with Gasteiger partial charge in [-0.3, -0.25) is 9.20 Å². The van der Waals surface area contributed by atoms with Crippen LogP contribution in [0.15, 0.2) is 54.9 Å². The molecular weight excluding hydrogens is 493 g/mol. The number of nitrogens with zero attached hydrogens (tertiary/aromatic N) is 3. The Bertz CT molecular complexity index is 1510. The molecule has 202 valence electrons. The number of halogens is 1. The summed E-state index contributed by atoms with van der Waals surface area (Å²) in [6.45, 7) is 4.60. The third kappa shape index (κ3) is 5.52. The molecule has 0 bridgehead atoms. The molecule has 0 radical (unpaired) electrons. The van der Waals surface area contributed by atoms with E-state index >= 15 is 0 Å². The van der Waals surface area contributed by atoms with Crippen molar-refractivity contribution in [1.29, 1.82) is 0 Å². The average molecular weight is 528 g/mol. The fraction of sp³-hybridized carbons (Fsp3) is 0.387. The van der Waals surface area contributed by atoms with Gasteiger partial charge in [0.25, 0.3) is 5.91 Å². The third-order valence-corrected chi connectivity index (χ3v) is 8.05. The third-order valence-electron chi connectivity index (χ3n) is 8.05. The first kappa shape index (κ1) is 25.5. The highest BCUT2D eigenvalue weighted by molar-refractivity contribution is 5.96. The van der Waals surface area contributed by atoms with Crippen molar-refractivity contribution >= 4 is 17.4 Å². The molecule has 2 saturated carbocycles. The number of rotatable bonds is 7. The summed E-state index contributed by atoms with van der Waals surface area (Å²) >= 11 is 0. The molecule has 0 unspecified atom stereocenters. The van der Waals surface area contributed by atoms with Crippen LogP contribution in [-0.2, 0) is 0 Å². The highest BCUT2D eigenvalue weighted by Gasteiger charge is 2.29. The quantitative estimate of drug-likeness (QED) is 0.284. The zero-order valence-corrected chi connectivity index (χ0v) is 22.4. The van der Waals surface area contributed by atoms with Crippen molar-refractivity contribution in [1.82, 2.24) is 19.7 Å². The molecule has 0 spiro atoms. The summed E-state index contributed by atoms with van der Waals surface area (Å²) in [5, 5.41) is 16.9. The lowest BCUT2D eigenvalue weighted by Crippen LogP contribution is -2.32. The van der Waals surface area contributed by atoms with E-state index in [4.69, 9.17) is 9.97 Å². The number of carbonyl (C=O) groups excluding carboxylic acids is 1. The van der Waals surface area contributed by atoms with Crippen LogP contribution in [-0.4, -0.2) is 43.6 Å². The summed E-state index contributed by atoms with van der Waals surface area (Å²) in [5.74, 6) is 0.777. The maximum atomic E-state index is 13.7. The Morgan fingerprint density at radius 3 is 2.51 bits per heavy atom. The number of hydrogen-bond acceptors (Lipinski definition) is 5. The number of fused-ring (bicyclic) bond motifs is 1. The number of anilines is 1. The van der Waals surface area contributed by atoms with Gasteiger partial charge in [-0.15, -0.1) is 0 Å². The van der Waals surface area contributed by atoms with E-state index in [1.54, 1.807) is 12.1 Å². The molecular formula is C31H34FN5O2. The SMILES string of the molecule is Cc1cc(-c2cnc3c(NCC4CCC(C)(O)CC4)nc(-c4ccc(F)cc4)cn23)ccc1C(=O)NC1CC1. The van der Waals surface area contributed by atoms with E-state index in [1.807, 2.05) is 48.8 Å². The first-order chi connectivity index (χ1) is 18.8. The lowest BCUT2D eigenvalue weighted by atomic mass is 9.80. The number of benzene rings is 2. The fourth-order valence-corrected chi connectivity index (χ4v) is 5.39. The van der Waals surface area contributed by atoms with Crippen molar-refractivity contribution in [3.8, 4) is 22.5 Å². The summed E-state index contributed by atoms with van der Waals surface area (Å²) in [6.07, 6.45) is 9.34. The molecule has 7 nitrogen and oxygen atoms in total. The molecule has 2 fully saturated rings. The Kier molecular flexibility index (Phi) is 6.59. The molecule has 2 aromatic heterocycles. The topological polar surface area (TPSA) is 91.6 Å². The van der Waals surface area contributed by atoms with Gasteiger partial charge < -0.3 is 15.7 Å². The Morgan fingerprint density at radius 2 is 1.82 bits per heavy atom. The van der Waals surface area contributed by atoms with Gasteiger partial charge in [0.15, 0.2) is 11.5 Å². The van der Waals surface area contributed by atoms with Gasteiger partial charge in [0.05, 0.1) is 23.2 Å². The summed E-state index contributed by atoms with van der Waals surface area (Å²) in [7, 11) is 0. The van der Waals surface area contributed by atoms with Crippen LogP contribution in [0.5, 0.6) is 0 Å². The number of amides is 1. The summed E-state index contributed by atoms with van der Waals surface area (Å²) in [5.41, 5.74) is 5.04. The Hall–Kier alpha value is -3.78. The minimum Gasteiger partial charge on any atom is -0.390 e. The van der Waals surface area contributed by atoms with Gasteiger partial charge in [-0.1, -0.05) is 6.07 Å². The summed E-state index contributed by atoms with van der Waals surface area (Å²) in [4.78, 5) is 22.3. The van der Waals surface area contributed by atoms with Crippen LogP contribution in [0.3, 0.4) is 0 Å². The van der Waals surface area contributed by atoms with Crippen LogP contribution in [0.2, 0.25) is 0 Å². The first-order valence-electron chi connectivity index (χ1n) is 13.8. The van der Waals surface area contributed by atoms with Crippen LogP contribution >= 0.6 is 0 Å². The van der Waals surface area contributed by atoms with E-state index in [-0.39, 0.29) is 11.7 Å². The highest BCUT2D eigenvalue weighted by Crippen LogP contribution is 2.33. The molecule has 0 aliphatic heterocycles. The molecule has 4 aromatic rings. The van der Waals surface area contributed by atoms with Crippen molar-refractivity contribution in [2.75, 3.05) is 11.9 Å². The number of aromatic nitrogens is 3. The molecule has 1 amide bonds. The smallest absolute Gasteiger partial charge is 0.251 e. The Labute approximate surface area is 227 Å². The van der Waals surface area contributed by atoms with E-state index in [0.29, 0.717) is 34.7 Å². The van der Waals surface area contributed by atoms with Crippen LogP contribution < -0.4 is 10.6 Å². The normalized spacial score (nSPS) is 21.2. The molecule has 2 aliphatic carbocycles. The van der Waals surface area contributed by atoms with Crippen LogP contribution in [0.1, 0.15) is 61.4 Å². The minimum absolute atomic E-state index is 0.0294. The summed E-state index contributed by atoms with van der Waals surface area (Å²) < 4.78 is 15.7. The lowest BCUT2D eigenvalue weighted by molar-refractivity contribution is 0.00976. The molecule has 0 atom stereocenters. The van der Waals surface area contributed by atoms with Crippen molar-refractivity contribution in [2.45, 2.75) is 64.0 Å². The second-order valence-electron chi connectivity index (χ2n) is 11.4. The molecule has 3 N–H and O–H groups in total. The predicted molar refractivity (Wildman–Crippen MR) is 150 cm³/mol. The van der Waals surface area contributed by atoms with Crippen LogP contribution in [0.25, 0.3) is 28.2 Å². The molecule has 2 heterocycles. The van der Waals surface area contributed by atoms with Gasteiger partial charge in [-0.05, 0) is 100 Å². The zero-order chi connectivity index (χ0) is 27.1. The highest BCUT2D eigenvalue weighted by atomic mass is 19.1. The van der Waals surface area contributed by atoms with Crippen molar-refractivity contribution in [3.63, 3.8) is 0 Å². The molecule has 39 heavy (non-hydrogen) atoms. The molecule has 8 heteroatoms. The largest absolute Gasteiger partial charge is 0.390 e. The molecule has 2 aromatic carbocycles. The van der Waals surface area contributed by atoms with E-state index in [9.17, 15) is 14.3 Å². The number of aryl methyl sites for hydroxylation is 1. The van der Waals surface area contributed by atoms with Crippen molar-refractivity contribution in [2.24, 2.45) is 5.92 Å². The van der Waals surface area contributed by atoms with E-state index in [2.05, 4.69) is 10.6 Å². The second-order valence-corrected chi connectivity index (χ2v) is 11.4. The molecule has 2 aliphatic rings. The number of carbonyl (C=O) groups is 1. The monoisotopic (exact) mass is 527 g/mol. The van der Waals surface area contributed by atoms with Crippen LogP contribution in [0.4, 0.5) is 10.2 Å². The Morgan fingerprint density at radius 1 is 1.10 bits per heavy atom. The zero-order valence-electron chi connectivity index (χ0n) is 22.4. The van der Waals surface area contributed by atoms with Gasteiger partial charge >= 0.3 is 0 Å². The molecule has 6 rings (SSSR count). The van der Waals surface area contributed by atoms with Gasteiger partial charge in [0.2, 0.25) is 0 Å². The van der Waals surface area contributed by atoms with Crippen molar-refractivity contribution < 1.29 is 14.3 Å². The van der Waals surface area contributed by atoms with Crippen LogP contribution in [0, 0.1) is 18.7 Å². The number of nitrogens with one attached hydrogen (secondary N) is 2. The van der Waals surface area contributed by atoms with Gasteiger partial charge in [-0.25, -0.2) is 14.4 Å². The predicted octanol–water partition coefficient (Wildman–Crippen LogP) is 5.76. The maximum Gasteiger partial charge on any atom is 0.251 e.